The van der Waals surface area contributed by atoms with Gasteiger partial charge in [-0.2, -0.15) is 8.61 Å². The van der Waals surface area contributed by atoms with Crippen LogP contribution in [0.25, 0.3) is 0 Å². The number of anilines is 1. The molecule has 0 unspecified atom stereocenters. The molecule has 1 aliphatic heterocycles. The highest BCUT2D eigenvalue weighted by Crippen LogP contribution is 2.23. The number of carbonyl (C=O) groups is 1. The molecular weight excluding hydrogens is 450 g/mol. The summed E-state index contributed by atoms with van der Waals surface area (Å²) in [5.74, 6) is -0.592. The van der Waals surface area contributed by atoms with Crippen molar-refractivity contribution in [1.82, 2.24) is 8.61 Å². The van der Waals surface area contributed by atoms with Crippen LogP contribution in [0.3, 0.4) is 0 Å². The van der Waals surface area contributed by atoms with Crippen molar-refractivity contribution in [2.45, 2.75) is 22.6 Å². The molecule has 0 atom stereocenters. The number of hydrogen-bond donors (Lipinski definition) is 1. The molecular formula is C19H22ClN3O5S2. The van der Waals surface area contributed by atoms with E-state index in [-0.39, 0.29) is 15.5 Å². The molecule has 8 nitrogen and oxygen atoms in total. The first-order chi connectivity index (χ1) is 14.1. The number of rotatable bonds is 7. The molecule has 1 amide bonds. The van der Waals surface area contributed by atoms with Gasteiger partial charge in [-0.1, -0.05) is 17.7 Å². The molecule has 2 aromatic rings. The van der Waals surface area contributed by atoms with Gasteiger partial charge in [0, 0.05) is 30.8 Å². The first-order valence-corrected chi connectivity index (χ1v) is 12.5. The molecule has 1 N–H and O–H groups in total. The van der Waals surface area contributed by atoms with Gasteiger partial charge in [-0.05, 0) is 55.3 Å². The van der Waals surface area contributed by atoms with Gasteiger partial charge in [-0.25, -0.2) is 16.8 Å². The van der Waals surface area contributed by atoms with Crippen LogP contribution in [-0.4, -0.2) is 58.0 Å². The van der Waals surface area contributed by atoms with Crippen LogP contribution < -0.4 is 5.32 Å². The lowest BCUT2D eigenvalue weighted by Gasteiger charge is -2.18. The molecule has 162 valence electrons. The molecule has 30 heavy (non-hydrogen) atoms. The fourth-order valence-electron chi connectivity index (χ4n) is 3.09. The van der Waals surface area contributed by atoms with Crippen LogP contribution in [0.4, 0.5) is 5.69 Å². The van der Waals surface area contributed by atoms with E-state index in [9.17, 15) is 21.6 Å². The Balaban J connectivity index is 1.69. The van der Waals surface area contributed by atoms with Crippen molar-refractivity contribution < 1.29 is 21.6 Å². The van der Waals surface area contributed by atoms with E-state index in [4.69, 9.17) is 11.6 Å². The number of nitrogens with one attached hydrogen (secondary N) is 1. The Morgan fingerprint density at radius 1 is 1.03 bits per heavy atom. The molecule has 3 rings (SSSR count). The van der Waals surface area contributed by atoms with Crippen molar-refractivity contribution in [2.75, 3.05) is 32.0 Å². The third-order valence-electron chi connectivity index (χ3n) is 4.71. The second-order valence-electron chi connectivity index (χ2n) is 6.90. The van der Waals surface area contributed by atoms with Crippen LogP contribution in [0.1, 0.15) is 12.8 Å². The Morgan fingerprint density at radius 3 is 2.30 bits per heavy atom. The quantitative estimate of drug-likeness (QED) is 0.667. The molecule has 0 bridgehead atoms. The van der Waals surface area contributed by atoms with Crippen molar-refractivity contribution in [1.29, 1.82) is 0 Å². The second kappa shape index (κ2) is 9.03. The Morgan fingerprint density at radius 2 is 1.67 bits per heavy atom. The molecule has 11 heteroatoms. The lowest BCUT2D eigenvalue weighted by molar-refractivity contribution is -0.116. The number of amides is 1. The van der Waals surface area contributed by atoms with Crippen molar-refractivity contribution in [2.24, 2.45) is 0 Å². The van der Waals surface area contributed by atoms with Gasteiger partial charge in [0.05, 0.1) is 16.3 Å². The maximum atomic E-state index is 12.7. The highest BCUT2D eigenvalue weighted by atomic mass is 35.5. The molecule has 0 aliphatic carbocycles. The third-order valence-corrected chi connectivity index (χ3v) is 8.67. The Bertz CT molecular complexity index is 1130. The molecule has 1 heterocycles. The smallest absolute Gasteiger partial charge is 0.243 e. The number of benzene rings is 2. The van der Waals surface area contributed by atoms with Crippen LogP contribution >= 0.6 is 11.6 Å². The van der Waals surface area contributed by atoms with Crippen LogP contribution in [0.2, 0.25) is 5.02 Å². The number of sulfonamides is 2. The Kier molecular flexibility index (Phi) is 6.83. The maximum absolute atomic E-state index is 12.7. The second-order valence-corrected chi connectivity index (χ2v) is 11.3. The summed E-state index contributed by atoms with van der Waals surface area (Å²) in [6, 6.07) is 11.6. The first-order valence-electron chi connectivity index (χ1n) is 9.23. The van der Waals surface area contributed by atoms with Crippen LogP contribution in [0.15, 0.2) is 58.3 Å². The largest absolute Gasteiger partial charge is 0.325 e. The van der Waals surface area contributed by atoms with E-state index in [1.807, 2.05) is 0 Å². The predicted octanol–water partition coefficient (Wildman–Crippen LogP) is 2.38. The highest BCUT2D eigenvalue weighted by Gasteiger charge is 2.27. The summed E-state index contributed by atoms with van der Waals surface area (Å²) >= 11 is 5.78. The molecule has 0 aromatic heterocycles. The van der Waals surface area contributed by atoms with Gasteiger partial charge in [-0.3, -0.25) is 4.79 Å². The number of likely N-dealkylation sites (N-methyl/N-ethyl adjacent to an activating group) is 1. The Labute approximate surface area is 181 Å². The predicted molar refractivity (Wildman–Crippen MR) is 114 cm³/mol. The average molecular weight is 472 g/mol. The zero-order valence-electron chi connectivity index (χ0n) is 16.3. The first kappa shape index (κ1) is 22.7. The maximum Gasteiger partial charge on any atom is 0.243 e. The number of hydrogen-bond acceptors (Lipinski definition) is 5. The van der Waals surface area contributed by atoms with Gasteiger partial charge in [-0.15, -0.1) is 0 Å². The summed E-state index contributed by atoms with van der Waals surface area (Å²) in [6.07, 6.45) is 1.65. The van der Waals surface area contributed by atoms with E-state index in [0.717, 1.165) is 17.1 Å². The molecule has 0 saturated carbocycles. The van der Waals surface area contributed by atoms with Crippen LogP contribution in [0, 0.1) is 0 Å². The van der Waals surface area contributed by atoms with Gasteiger partial charge in [0.1, 0.15) is 0 Å². The fourth-order valence-corrected chi connectivity index (χ4v) is 5.90. The minimum Gasteiger partial charge on any atom is -0.325 e. The lowest BCUT2D eigenvalue weighted by atomic mass is 10.3. The SMILES string of the molecule is CN(CC(=O)Nc1cccc(S(=O)(=O)N2CCCC2)c1)S(=O)(=O)c1ccc(Cl)cc1. The van der Waals surface area contributed by atoms with Gasteiger partial charge in [0.15, 0.2) is 0 Å². The number of carbonyl (C=O) groups excluding carboxylic acids is 1. The van der Waals surface area contributed by atoms with Gasteiger partial charge >= 0.3 is 0 Å². The topological polar surface area (TPSA) is 104 Å². The van der Waals surface area contributed by atoms with Gasteiger partial charge in [0.25, 0.3) is 0 Å². The molecule has 0 radical (unpaired) electrons. The summed E-state index contributed by atoms with van der Waals surface area (Å²) in [5, 5.41) is 2.96. The highest BCUT2D eigenvalue weighted by molar-refractivity contribution is 7.89. The summed E-state index contributed by atoms with van der Waals surface area (Å²) in [4.78, 5) is 12.5. The minimum absolute atomic E-state index is 0.0147. The van der Waals surface area contributed by atoms with E-state index >= 15 is 0 Å². The number of halogens is 1. The van der Waals surface area contributed by atoms with Crippen molar-refractivity contribution in [3.05, 3.63) is 53.6 Å². The van der Waals surface area contributed by atoms with E-state index in [2.05, 4.69) is 5.32 Å². The molecule has 2 aromatic carbocycles. The van der Waals surface area contributed by atoms with E-state index in [1.165, 1.54) is 53.8 Å². The molecule has 1 fully saturated rings. The van der Waals surface area contributed by atoms with Crippen molar-refractivity contribution in [3.63, 3.8) is 0 Å². The summed E-state index contributed by atoms with van der Waals surface area (Å²) in [7, 11) is -6.20. The molecule has 1 aliphatic rings. The van der Waals surface area contributed by atoms with Crippen LogP contribution in [-0.2, 0) is 24.8 Å². The van der Waals surface area contributed by atoms with E-state index in [1.54, 1.807) is 6.07 Å². The van der Waals surface area contributed by atoms with E-state index in [0.29, 0.717) is 18.1 Å². The minimum atomic E-state index is -3.87. The lowest BCUT2D eigenvalue weighted by Crippen LogP contribution is -2.35. The summed E-state index contributed by atoms with van der Waals surface area (Å²) < 4.78 is 52.9. The number of nitrogens with zero attached hydrogens (tertiary/aromatic N) is 2. The zero-order valence-corrected chi connectivity index (χ0v) is 18.7. The average Bonchev–Trinajstić information content (AvgIpc) is 3.24. The molecule has 1 saturated heterocycles. The Hall–Kier alpha value is -1.98. The van der Waals surface area contributed by atoms with Gasteiger partial charge < -0.3 is 5.32 Å². The zero-order chi connectivity index (χ0) is 21.9. The van der Waals surface area contributed by atoms with Crippen molar-refractivity contribution >= 4 is 43.2 Å². The normalized spacial score (nSPS) is 15.4. The monoisotopic (exact) mass is 471 g/mol. The fraction of sp³-hybridized carbons (Fsp3) is 0.316. The molecule has 0 spiro atoms. The van der Waals surface area contributed by atoms with Crippen LogP contribution in [0.5, 0.6) is 0 Å². The standard InChI is InChI=1S/C19H22ClN3O5S2/c1-22(29(25,26)17-9-7-15(20)8-10-17)14-19(24)21-16-5-4-6-18(13-16)30(27,28)23-11-2-3-12-23/h4-10,13H,2-3,11-12,14H2,1H3,(H,21,24). The van der Waals surface area contributed by atoms with E-state index < -0.39 is 32.5 Å². The summed E-state index contributed by atoms with van der Waals surface area (Å²) in [6.45, 7) is 0.520. The third kappa shape index (κ3) is 5.01. The van der Waals surface area contributed by atoms with Crippen molar-refractivity contribution in [3.8, 4) is 0 Å². The summed E-state index contributed by atoms with van der Waals surface area (Å²) in [5.41, 5.74) is 0.276. The van der Waals surface area contributed by atoms with Gasteiger partial charge in [0.2, 0.25) is 26.0 Å².